The molecule has 3 saturated heterocycles. The van der Waals surface area contributed by atoms with Crippen molar-refractivity contribution in [3.05, 3.63) is 0 Å². The second-order valence-electron chi connectivity index (χ2n) is 12.3. The first-order valence-electron chi connectivity index (χ1n) is 13.1. The molecule has 0 aromatic rings. The summed E-state index contributed by atoms with van der Waals surface area (Å²) in [6.07, 6.45) is 8.03. The van der Waals surface area contributed by atoms with Crippen LogP contribution >= 0.6 is 0 Å². The number of carbonyl (C=O) groups excluding carboxylic acids is 3. The van der Waals surface area contributed by atoms with Crippen molar-refractivity contribution < 1.29 is 19.5 Å². The number of hydrogen-bond donors (Lipinski definition) is 4. The summed E-state index contributed by atoms with van der Waals surface area (Å²) in [5.74, 6) is 1.22. The Bertz CT molecular complexity index is 829. The predicted octanol–water partition coefficient (Wildman–Crippen LogP) is 0.541. The summed E-state index contributed by atoms with van der Waals surface area (Å²) >= 11 is 0. The summed E-state index contributed by atoms with van der Waals surface area (Å²) in [7, 11) is 0. The molecular formula is C25H38N4O4. The number of rotatable bonds is 3. The van der Waals surface area contributed by atoms with Crippen LogP contribution in [0.15, 0.2) is 0 Å². The van der Waals surface area contributed by atoms with E-state index in [-0.39, 0.29) is 41.1 Å². The topological polar surface area (TPSA) is 111 Å². The Hall–Kier alpha value is -1.67. The summed E-state index contributed by atoms with van der Waals surface area (Å²) in [4.78, 5) is 41.5. The van der Waals surface area contributed by atoms with Crippen LogP contribution in [0.4, 0.5) is 0 Å². The lowest BCUT2D eigenvalue weighted by Gasteiger charge is -2.58. The van der Waals surface area contributed by atoms with E-state index in [0.717, 1.165) is 64.5 Å². The van der Waals surface area contributed by atoms with Crippen molar-refractivity contribution in [1.82, 2.24) is 20.9 Å². The van der Waals surface area contributed by atoms with Crippen molar-refractivity contribution >= 4 is 17.7 Å². The Morgan fingerprint density at radius 3 is 2.36 bits per heavy atom. The summed E-state index contributed by atoms with van der Waals surface area (Å²) in [6, 6.07) is 0. The van der Waals surface area contributed by atoms with E-state index in [1.165, 1.54) is 0 Å². The van der Waals surface area contributed by atoms with E-state index in [1.807, 2.05) is 4.90 Å². The Kier molecular flexibility index (Phi) is 5.07. The molecule has 4 saturated carbocycles. The number of likely N-dealkylation sites (tertiary alicyclic amines) is 1. The Morgan fingerprint density at radius 2 is 1.76 bits per heavy atom. The minimum atomic E-state index is -0.883. The Labute approximate surface area is 195 Å². The first-order valence-corrected chi connectivity index (χ1v) is 13.1. The molecule has 2 unspecified atom stereocenters. The zero-order valence-corrected chi connectivity index (χ0v) is 19.5. The molecule has 7 aliphatic rings. The number of hydrogen-bond acceptors (Lipinski definition) is 5. The molecule has 8 nitrogen and oxygen atoms in total. The van der Waals surface area contributed by atoms with Crippen molar-refractivity contribution in [3.8, 4) is 0 Å². The highest BCUT2D eigenvalue weighted by Gasteiger charge is 2.59. The van der Waals surface area contributed by atoms with Gasteiger partial charge in [0.1, 0.15) is 5.54 Å². The van der Waals surface area contributed by atoms with Crippen molar-refractivity contribution in [2.24, 2.45) is 28.6 Å². The molecule has 4 aliphatic carbocycles. The maximum absolute atomic E-state index is 13.9. The van der Waals surface area contributed by atoms with Gasteiger partial charge in [-0.2, -0.15) is 0 Å². The van der Waals surface area contributed by atoms with Crippen LogP contribution in [-0.4, -0.2) is 72.1 Å². The van der Waals surface area contributed by atoms with E-state index in [9.17, 15) is 19.5 Å². The quantitative estimate of drug-likeness (QED) is 0.493. The highest BCUT2D eigenvalue weighted by molar-refractivity contribution is 5.94. The van der Waals surface area contributed by atoms with Gasteiger partial charge in [0.2, 0.25) is 17.7 Å². The van der Waals surface area contributed by atoms with Crippen LogP contribution in [0.2, 0.25) is 0 Å². The summed E-state index contributed by atoms with van der Waals surface area (Å²) in [5, 5.41) is 20.3. The van der Waals surface area contributed by atoms with Crippen molar-refractivity contribution in [2.75, 3.05) is 32.7 Å². The zero-order valence-electron chi connectivity index (χ0n) is 19.5. The number of carbonyl (C=O) groups is 3. The molecule has 1 spiro atoms. The number of amides is 3. The summed E-state index contributed by atoms with van der Waals surface area (Å²) < 4.78 is 0. The van der Waals surface area contributed by atoms with Gasteiger partial charge in [0.15, 0.2) is 0 Å². The molecule has 182 valence electrons. The minimum Gasteiger partial charge on any atom is -0.393 e. The monoisotopic (exact) mass is 458 g/mol. The van der Waals surface area contributed by atoms with Crippen LogP contribution in [-0.2, 0) is 14.4 Å². The van der Waals surface area contributed by atoms with Crippen LogP contribution < -0.4 is 16.0 Å². The third kappa shape index (κ3) is 3.51. The summed E-state index contributed by atoms with van der Waals surface area (Å²) in [5.41, 5.74) is -1.30. The SMILES string of the molecule is O=C1CC2(CCN(C(=O)[C@]3(NC(=O)C45CC6CC(C4)C(O)C(C6)C5)CCCNC3)CC2)CN1. The van der Waals surface area contributed by atoms with Gasteiger partial charge in [-0.3, -0.25) is 14.4 Å². The van der Waals surface area contributed by atoms with E-state index in [2.05, 4.69) is 16.0 Å². The lowest BCUT2D eigenvalue weighted by Crippen LogP contribution is -2.70. The molecule has 7 rings (SSSR count). The molecule has 3 aliphatic heterocycles. The summed E-state index contributed by atoms with van der Waals surface area (Å²) in [6.45, 7) is 3.36. The van der Waals surface area contributed by atoms with Gasteiger partial charge in [0.05, 0.1) is 11.5 Å². The number of nitrogens with zero attached hydrogens (tertiary/aromatic N) is 1. The van der Waals surface area contributed by atoms with Gasteiger partial charge in [-0.25, -0.2) is 0 Å². The van der Waals surface area contributed by atoms with Crippen LogP contribution in [0.25, 0.3) is 0 Å². The number of nitrogens with one attached hydrogen (secondary N) is 3. The largest absolute Gasteiger partial charge is 0.393 e. The average molecular weight is 459 g/mol. The fourth-order valence-corrected chi connectivity index (χ4v) is 8.47. The molecule has 3 amide bonds. The first kappa shape index (κ1) is 21.8. The number of aliphatic hydroxyl groups excluding tert-OH is 1. The highest BCUT2D eigenvalue weighted by atomic mass is 16.3. The fourth-order valence-electron chi connectivity index (χ4n) is 8.47. The Morgan fingerprint density at radius 1 is 1.03 bits per heavy atom. The molecule has 4 bridgehead atoms. The molecule has 7 fully saturated rings. The maximum atomic E-state index is 13.9. The van der Waals surface area contributed by atoms with E-state index in [1.54, 1.807) is 0 Å². The second kappa shape index (κ2) is 7.67. The van der Waals surface area contributed by atoms with Gasteiger partial charge in [0.25, 0.3) is 0 Å². The van der Waals surface area contributed by atoms with Gasteiger partial charge in [-0.15, -0.1) is 0 Å². The van der Waals surface area contributed by atoms with Gasteiger partial charge >= 0.3 is 0 Å². The predicted molar refractivity (Wildman–Crippen MR) is 121 cm³/mol. The Balaban J connectivity index is 1.18. The van der Waals surface area contributed by atoms with Gasteiger partial charge < -0.3 is 26.0 Å². The molecule has 4 N–H and O–H groups in total. The van der Waals surface area contributed by atoms with E-state index in [4.69, 9.17) is 0 Å². The normalized spacial score (nSPS) is 43.5. The lowest BCUT2D eigenvalue weighted by molar-refractivity contribution is -0.167. The lowest BCUT2D eigenvalue weighted by atomic mass is 9.48. The molecule has 3 heterocycles. The number of piperidine rings is 2. The third-order valence-corrected chi connectivity index (χ3v) is 10.2. The van der Waals surface area contributed by atoms with Gasteiger partial charge in [0, 0.05) is 32.6 Å². The maximum Gasteiger partial charge on any atom is 0.249 e. The van der Waals surface area contributed by atoms with Crippen LogP contribution in [0, 0.1) is 28.6 Å². The second-order valence-corrected chi connectivity index (χ2v) is 12.3. The van der Waals surface area contributed by atoms with Crippen LogP contribution in [0.5, 0.6) is 0 Å². The average Bonchev–Trinajstić information content (AvgIpc) is 3.17. The minimum absolute atomic E-state index is 0.00484. The van der Waals surface area contributed by atoms with Crippen molar-refractivity contribution in [2.45, 2.75) is 75.9 Å². The standard InChI is InChI=1S/C25H38N4O4/c30-19-13-23(14-27-19)3-6-29(7-4-23)22(33)25(2-1-5-26-15-25)28-21(32)24-10-16-8-17(11-24)20(31)18(9-16)12-24/h16-18,20,26,31H,1-15H2,(H,27,30)(H,28,32)/t16?,17?,18?,20?,24?,25-/m0/s1. The van der Waals surface area contributed by atoms with Crippen LogP contribution in [0.1, 0.15) is 64.2 Å². The molecule has 8 heteroatoms. The fraction of sp³-hybridized carbons (Fsp3) is 0.880. The van der Waals surface area contributed by atoms with Crippen molar-refractivity contribution in [3.63, 3.8) is 0 Å². The van der Waals surface area contributed by atoms with Crippen LogP contribution in [0.3, 0.4) is 0 Å². The van der Waals surface area contributed by atoms with Gasteiger partial charge in [-0.05, 0) is 87.5 Å². The van der Waals surface area contributed by atoms with E-state index in [0.29, 0.717) is 38.4 Å². The smallest absolute Gasteiger partial charge is 0.249 e. The van der Waals surface area contributed by atoms with Crippen molar-refractivity contribution in [1.29, 1.82) is 0 Å². The van der Waals surface area contributed by atoms with E-state index < -0.39 is 11.0 Å². The molecular weight excluding hydrogens is 420 g/mol. The molecule has 0 aromatic heterocycles. The third-order valence-electron chi connectivity index (χ3n) is 10.2. The van der Waals surface area contributed by atoms with Gasteiger partial charge in [-0.1, -0.05) is 0 Å². The molecule has 0 radical (unpaired) electrons. The zero-order chi connectivity index (χ0) is 22.8. The first-order chi connectivity index (χ1) is 15.8. The number of aliphatic hydroxyl groups is 1. The molecule has 3 atom stereocenters. The van der Waals surface area contributed by atoms with E-state index >= 15 is 0 Å². The molecule has 0 aromatic carbocycles. The highest BCUT2D eigenvalue weighted by Crippen LogP contribution is 2.60. The molecule has 33 heavy (non-hydrogen) atoms.